The third kappa shape index (κ3) is 3.37. The fourth-order valence-electron chi connectivity index (χ4n) is 2.80. The first kappa shape index (κ1) is 16.4. The Bertz CT molecular complexity index is 735. The van der Waals surface area contributed by atoms with E-state index >= 15 is 0 Å². The van der Waals surface area contributed by atoms with Crippen LogP contribution in [0.25, 0.3) is 11.3 Å². The maximum absolute atomic E-state index is 11.6. The molecule has 7 heteroatoms. The predicted molar refractivity (Wildman–Crippen MR) is 89.9 cm³/mol. The molecule has 2 unspecified atom stereocenters. The summed E-state index contributed by atoms with van der Waals surface area (Å²) >= 11 is 0. The van der Waals surface area contributed by atoms with E-state index in [1.165, 1.54) is 0 Å². The SMILES string of the molecule is CCOC(=O)NC1Cc2nc(C)c(-c3ccccc3)nc2C(N)N1. The first-order valence-electron chi connectivity index (χ1n) is 7.96. The summed E-state index contributed by atoms with van der Waals surface area (Å²) in [6.07, 6.45) is -0.805. The lowest BCUT2D eigenvalue weighted by Crippen LogP contribution is -2.53. The van der Waals surface area contributed by atoms with Gasteiger partial charge in [-0.1, -0.05) is 30.3 Å². The zero-order valence-corrected chi connectivity index (χ0v) is 13.7. The fraction of sp³-hybridized carbons (Fsp3) is 0.353. The molecule has 126 valence electrons. The number of nitrogens with one attached hydrogen (secondary N) is 2. The van der Waals surface area contributed by atoms with Gasteiger partial charge in [0, 0.05) is 12.0 Å². The van der Waals surface area contributed by atoms with Gasteiger partial charge in [-0.15, -0.1) is 0 Å². The summed E-state index contributed by atoms with van der Waals surface area (Å²) in [5.74, 6) is 0. The van der Waals surface area contributed by atoms with Crippen molar-refractivity contribution in [2.24, 2.45) is 5.73 Å². The van der Waals surface area contributed by atoms with Crippen molar-refractivity contribution >= 4 is 6.09 Å². The molecule has 2 aromatic rings. The zero-order chi connectivity index (χ0) is 17.1. The van der Waals surface area contributed by atoms with Gasteiger partial charge in [0.2, 0.25) is 0 Å². The highest BCUT2D eigenvalue weighted by molar-refractivity contribution is 5.67. The second-order valence-corrected chi connectivity index (χ2v) is 5.62. The van der Waals surface area contributed by atoms with Gasteiger partial charge in [-0.25, -0.2) is 9.78 Å². The second kappa shape index (κ2) is 6.94. The normalized spacial score (nSPS) is 19.5. The Kier molecular flexibility index (Phi) is 4.73. The average molecular weight is 327 g/mol. The minimum Gasteiger partial charge on any atom is -0.450 e. The Morgan fingerprint density at radius 1 is 1.38 bits per heavy atom. The van der Waals surface area contributed by atoms with Crippen LogP contribution in [0.3, 0.4) is 0 Å². The van der Waals surface area contributed by atoms with Gasteiger partial charge in [0.05, 0.1) is 35.5 Å². The maximum Gasteiger partial charge on any atom is 0.408 e. The molecule has 0 radical (unpaired) electrons. The van der Waals surface area contributed by atoms with E-state index in [0.717, 1.165) is 22.6 Å². The molecule has 3 rings (SSSR count). The van der Waals surface area contributed by atoms with Crippen molar-refractivity contribution in [3.8, 4) is 11.3 Å². The molecule has 0 spiro atoms. The van der Waals surface area contributed by atoms with E-state index in [2.05, 4.69) is 15.6 Å². The van der Waals surface area contributed by atoms with Gasteiger partial charge in [-0.05, 0) is 13.8 Å². The van der Waals surface area contributed by atoms with Gasteiger partial charge in [-0.3, -0.25) is 10.3 Å². The van der Waals surface area contributed by atoms with Crippen LogP contribution in [0.1, 0.15) is 30.2 Å². The van der Waals surface area contributed by atoms with E-state index in [1.54, 1.807) is 6.92 Å². The van der Waals surface area contributed by atoms with E-state index in [9.17, 15) is 4.79 Å². The summed E-state index contributed by atoms with van der Waals surface area (Å²) in [5.41, 5.74) is 10.3. The van der Waals surface area contributed by atoms with Crippen molar-refractivity contribution in [2.75, 3.05) is 6.61 Å². The number of fused-ring (bicyclic) bond motifs is 1. The van der Waals surface area contributed by atoms with Crippen LogP contribution in [0.5, 0.6) is 0 Å². The van der Waals surface area contributed by atoms with Crippen molar-refractivity contribution in [1.82, 2.24) is 20.6 Å². The Balaban J connectivity index is 1.87. The number of nitrogens with zero attached hydrogens (tertiary/aromatic N) is 2. The summed E-state index contributed by atoms with van der Waals surface area (Å²) in [5, 5.41) is 5.86. The summed E-state index contributed by atoms with van der Waals surface area (Å²) in [6.45, 7) is 4.01. The highest BCUT2D eigenvalue weighted by Crippen LogP contribution is 2.25. The number of benzene rings is 1. The second-order valence-electron chi connectivity index (χ2n) is 5.62. The molecular formula is C17H21N5O2. The van der Waals surface area contributed by atoms with Crippen LogP contribution < -0.4 is 16.4 Å². The van der Waals surface area contributed by atoms with Crippen LogP contribution in [0.4, 0.5) is 4.79 Å². The number of alkyl carbamates (subject to hydrolysis) is 1. The lowest BCUT2D eigenvalue weighted by molar-refractivity contribution is 0.143. The summed E-state index contributed by atoms with van der Waals surface area (Å²) in [7, 11) is 0. The van der Waals surface area contributed by atoms with E-state index in [-0.39, 0.29) is 6.17 Å². The maximum atomic E-state index is 11.6. The molecule has 0 bridgehead atoms. The summed E-state index contributed by atoms with van der Waals surface area (Å²) < 4.78 is 4.90. The number of aromatic nitrogens is 2. The van der Waals surface area contributed by atoms with Gasteiger partial charge in [0.25, 0.3) is 0 Å². The number of amides is 1. The van der Waals surface area contributed by atoms with Gasteiger partial charge in [-0.2, -0.15) is 0 Å². The number of carbonyl (C=O) groups excluding carboxylic acids is 1. The Morgan fingerprint density at radius 3 is 2.83 bits per heavy atom. The monoisotopic (exact) mass is 327 g/mol. The van der Waals surface area contributed by atoms with E-state index in [1.807, 2.05) is 37.3 Å². The van der Waals surface area contributed by atoms with Crippen molar-refractivity contribution in [3.05, 3.63) is 47.4 Å². The molecule has 4 N–H and O–H groups in total. The quantitative estimate of drug-likeness (QED) is 0.792. The number of hydrogen-bond acceptors (Lipinski definition) is 6. The lowest BCUT2D eigenvalue weighted by Gasteiger charge is -2.30. The van der Waals surface area contributed by atoms with E-state index < -0.39 is 12.3 Å². The molecule has 0 saturated heterocycles. The first-order chi connectivity index (χ1) is 11.6. The Labute approximate surface area is 140 Å². The molecule has 2 atom stereocenters. The standard InChI is InChI=1S/C17H21N5O2/c1-3-24-17(23)21-13-9-12-15(16(18)20-13)22-14(10(2)19-12)11-7-5-4-6-8-11/h4-8,13,16,20H,3,9,18H2,1-2H3,(H,21,23). The molecule has 1 amide bonds. The van der Waals surface area contributed by atoms with Gasteiger partial charge >= 0.3 is 6.09 Å². The van der Waals surface area contributed by atoms with Crippen molar-refractivity contribution in [2.45, 2.75) is 32.6 Å². The Morgan fingerprint density at radius 2 is 2.12 bits per heavy atom. The van der Waals surface area contributed by atoms with Crippen LogP contribution >= 0.6 is 0 Å². The van der Waals surface area contributed by atoms with Crippen molar-refractivity contribution < 1.29 is 9.53 Å². The minimum absolute atomic E-state index is 0.320. The number of nitrogens with two attached hydrogens (primary N) is 1. The summed E-state index contributed by atoms with van der Waals surface area (Å²) in [4.78, 5) is 21.0. The fourth-order valence-corrected chi connectivity index (χ4v) is 2.80. The lowest BCUT2D eigenvalue weighted by atomic mass is 10.0. The highest BCUT2D eigenvalue weighted by atomic mass is 16.5. The molecule has 0 aliphatic carbocycles. The molecular weight excluding hydrogens is 306 g/mol. The molecule has 1 aromatic heterocycles. The van der Waals surface area contributed by atoms with E-state index in [0.29, 0.717) is 18.7 Å². The molecule has 2 heterocycles. The zero-order valence-electron chi connectivity index (χ0n) is 13.7. The van der Waals surface area contributed by atoms with Gasteiger partial charge in [0.1, 0.15) is 6.17 Å². The minimum atomic E-state index is -0.503. The molecule has 0 saturated carbocycles. The molecule has 1 aliphatic heterocycles. The topological polar surface area (TPSA) is 102 Å². The van der Waals surface area contributed by atoms with Crippen LogP contribution in [0, 0.1) is 6.92 Å². The molecule has 1 aliphatic rings. The predicted octanol–water partition coefficient (Wildman–Crippen LogP) is 1.63. The van der Waals surface area contributed by atoms with Crippen LogP contribution in [-0.4, -0.2) is 28.8 Å². The number of hydrogen-bond donors (Lipinski definition) is 3. The number of carbonyl (C=O) groups is 1. The van der Waals surface area contributed by atoms with Crippen LogP contribution in [0.15, 0.2) is 30.3 Å². The molecule has 0 fully saturated rings. The third-order valence-electron chi connectivity index (χ3n) is 3.86. The highest BCUT2D eigenvalue weighted by Gasteiger charge is 2.28. The van der Waals surface area contributed by atoms with Crippen LogP contribution in [0.2, 0.25) is 0 Å². The Hall–Kier alpha value is -2.51. The smallest absolute Gasteiger partial charge is 0.408 e. The molecule has 7 nitrogen and oxygen atoms in total. The molecule has 24 heavy (non-hydrogen) atoms. The van der Waals surface area contributed by atoms with E-state index in [4.69, 9.17) is 15.5 Å². The van der Waals surface area contributed by atoms with Gasteiger partial charge in [0.15, 0.2) is 0 Å². The number of aryl methyl sites for hydroxylation is 1. The largest absolute Gasteiger partial charge is 0.450 e. The average Bonchev–Trinajstić information content (AvgIpc) is 2.55. The van der Waals surface area contributed by atoms with Crippen molar-refractivity contribution in [3.63, 3.8) is 0 Å². The molecule has 1 aromatic carbocycles. The number of ether oxygens (including phenoxy) is 1. The summed E-state index contributed by atoms with van der Waals surface area (Å²) in [6, 6.07) is 9.89. The number of rotatable bonds is 3. The van der Waals surface area contributed by atoms with Crippen molar-refractivity contribution in [1.29, 1.82) is 0 Å². The first-order valence-corrected chi connectivity index (χ1v) is 7.96. The third-order valence-corrected chi connectivity index (χ3v) is 3.86. The van der Waals surface area contributed by atoms with Crippen LogP contribution in [-0.2, 0) is 11.2 Å². The van der Waals surface area contributed by atoms with Gasteiger partial charge < -0.3 is 15.8 Å².